The molecule has 27 heavy (non-hydrogen) atoms. The van der Waals surface area contributed by atoms with Crippen LogP contribution in [-0.2, 0) is 0 Å². The van der Waals surface area contributed by atoms with Gasteiger partial charge in [-0.2, -0.15) is 0 Å². The van der Waals surface area contributed by atoms with Crippen LogP contribution < -0.4 is 19.5 Å². The molecular weight excluding hydrogens is 346 g/mol. The fraction of sp³-hybridized carbons (Fsp3) is 0.286. The highest BCUT2D eigenvalue weighted by Gasteiger charge is 2.19. The van der Waals surface area contributed by atoms with Gasteiger partial charge in [0, 0.05) is 22.7 Å². The zero-order chi connectivity index (χ0) is 19.4. The molecule has 0 bridgehead atoms. The van der Waals surface area contributed by atoms with Gasteiger partial charge in [-0.3, -0.25) is 4.79 Å². The van der Waals surface area contributed by atoms with Gasteiger partial charge in [-0.05, 0) is 51.1 Å². The Balaban J connectivity index is 1.88. The summed E-state index contributed by atoms with van der Waals surface area (Å²) in [5, 5.41) is 3.71. The Hall–Kier alpha value is -3.15. The van der Waals surface area contributed by atoms with Gasteiger partial charge in [0.05, 0.1) is 20.3 Å². The van der Waals surface area contributed by atoms with E-state index in [1.165, 1.54) is 0 Å². The Labute approximate surface area is 158 Å². The van der Waals surface area contributed by atoms with Gasteiger partial charge in [0.2, 0.25) is 0 Å². The van der Waals surface area contributed by atoms with Crippen LogP contribution in [0, 0.1) is 6.92 Å². The van der Waals surface area contributed by atoms with E-state index in [9.17, 15) is 4.79 Å². The summed E-state index contributed by atoms with van der Waals surface area (Å²) in [6.45, 7) is 6.69. The lowest BCUT2D eigenvalue weighted by molar-refractivity contribution is 0.0998. The minimum absolute atomic E-state index is 0.269. The van der Waals surface area contributed by atoms with E-state index in [0.29, 0.717) is 41.7 Å². The third kappa shape index (κ3) is 3.84. The van der Waals surface area contributed by atoms with E-state index in [2.05, 4.69) is 5.32 Å². The van der Waals surface area contributed by atoms with Gasteiger partial charge >= 0.3 is 0 Å². The number of carbonyl (C=O) groups excluding carboxylic acids is 1. The molecular formula is C21H23NO5. The Morgan fingerprint density at radius 1 is 1.04 bits per heavy atom. The maximum Gasteiger partial charge on any atom is 0.291 e. The highest BCUT2D eigenvalue weighted by Crippen LogP contribution is 2.32. The van der Waals surface area contributed by atoms with Crippen LogP contribution >= 0.6 is 0 Å². The maximum atomic E-state index is 12.7. The lowest BCUT2D eigenvalue weighted by Crippen LogP contribution is -2.12. The van der Waals surface area contributed by atoms with Gasteiger partial charge in [0.25, 0.3) is 5.91 Å². The average Bonchev–Trinajstić information content (AvgIpc) is 3.00. The third-order valence-corrected chi connectivity index (χ3v) is 4.15. The van der Waals surface area contributed by atoms with Crippen molar-refractivity contribution in [2.45, 2.75) is 20.8 Å². The van der Waals surface area contributed by atoms with Crippen molar-refractivity contribution >= 4 is 22.6 Å². The molecule has 0 saturated carbocycles. The van der Waals surface area contributed by atoms with Crippen LogP contribution in [0.4, 0.5) is 5.69 Å². The molecule has 1 amide bonds. The number of carbonyl (C=O) groups is 1. The molecule has 3 aromatic rings. The molecule has 6 nitrogen and oxygen atoms in total. The van der Waals surface area contributed by atoms with E-state index in [-0.39, 0.29) is 11.7 Å². The molecule has 0 atom stereocenters. The van der Waals surface area contributed by atoms with Crippen molar-refractivity contribution in [1.82, 2.24) is 0 Å². The fourth-order valence-corrected chi connectivity index (χ4v) is 2.86. The van der Waals surface area contributed by atoms with E-state index in [4.69, 9.17) is 18.6 Å². The van der Waals surface area contributed by atoms with Crippen molar-refractivity contribution in [1.29, 1.82) is 0 Å². The molecule has 1 N–H and O–H groups in total. The van der Waals surface area contributed by atoms with Crippen LogP contribution in [-0.4, -0.2) is 26.2 Å². The van der Waals surface area contributed by atoms with Crippen LogP contribution in [0.1, 0.15) is 30.0 Å². The predicted molar refractivity (Wildman–Crippen MR) is 104 cm³/mol. The molecule has 0 aliphatic carbocycles. The summed E-state index contributed by atoms with van der Waals surface area (Å²) >= 11 is 0. The van der Waals surface area contributed by atoms with Gasteiger partial charge in [0.1, 0.15) is 11.3 Å². The van der Waals surface area contributed by atoms with E-state index in [0.717, 1.165) is 10.9 Å². The Kier molecular flexibility index (Phi) is 5.54. The van der Waals surface area contributed by atoms with Gasteiger partial charge in [0.15, 0.2) is 17.3 Å². The number of nitrogens with one attached hydrogen (secondary N) is 1. The van der Waals surface area contributed by atoms with Crippen molar-refractivity contribution in [3.05, 3.63) is 47.7 Å². The van der Waals surface area contributed by atoms with Crippen LogP contribution in [0.2, 0.25) is 0 Å². The zero-order valence-electron chi connectivity index (χ0n) is 15.9. The topological polar surface area (TPSA) is 69.9 Å². The molecule has 142 valence electrons. The molecule has 0 radical (unpaired) electrons. The lowest BCUT2D eigenvalue weighted by atomic mass is 10.1. The summed E-state index contributed by atoms with van der Waals surface area (Å²) in [6.07, 6.45) is 0. The van der Waals surface area contributed by atoms with Crippen molar-refractivity contribution in [2.75, 3.05) is 25.6 Å². The number of anilines is 1. The second-order valence-corrected chi connectivity index (χ2v) is 5.90. The summed E-state index contributed by atoms with van der Waals surface area (Å²) in [6, 6.07) is 10.7. The highest BCUT2D eigenvalue weighted by molar-refractivity contribution is 6.06. The molecule has 0 spiro atoms. The largest absolute Gasteiger partial charge is 0.497 e. The second-order valence-electron chi connectivity index (χ2n) is 5.90. The van der Waals surface area contributed by atoms with Crippen LogP contribution in [0.15, 0.2) is 40.8 Å². The number of hydrogen-bond donors (Lipinski definition) is 1. The first kappa shape index (κ1) is 18.6. The molecule has 0 unspecified atom stereocenters. The number of fused-ring (bicyclic) bond motifs is 1. The second kappa shape index (κ2) is 8.03. The molecule has 0 aliphatic rings. The van der Waals surface area contributed by atoms with E-state index in [1.807, 2.05) is 26.8 Å². The van der Waals surface area contributed by atoms with Gasteiger partial charge < -0.3 is 23.9 Å². The number of methoxy groups -OCH3 is 1. The average molecular weight is 369 g/mol. The molecule has 3 rings (SSSR count). The number of benzene rings is 2. The summed E-state index contributed by atoms with van der Waals surface area (Å²) in [5.41, 5.74) is 2.00. The zero-order valence-corrected chi connectivity index (χ0v) is 15.9. The van der Waals surface area contributed by atoms with Crippen molar-refractivity contribution in [2.24, 2.45) is 0 Å². The summed E-state index contributed by atoms with van der Waals surface area (Å²) in [4.78, 5) is 12.7. The Morgan fingerprint density at radius 3 is 2.48 bits per heavy atom. The first-order valence-corrected chi connectivity index (χ1v) is 8.85. The maximum absolute atomic E-state index is 12.7. The summed E-state index contributed by atoms with van der Waals surface area (Å²) < 4.78 is 22.1. The number of hydrogen-bond acceptors (Lipinski definition) is 5. The fourth-order valence-electron chi connectivity index (χ4n) is 2.86. The standard InChI is InChI=1S/C21H23NO5/c1-5-25-18-9-7-14(11-19(18)26-6-2)22-21(23)20-13(3)16-12-15(24-4)8-10-17(16)27-20/h7-12H,5-6H2,1-4H3,(H,22,23). The molecule has 1 aromatic heterocycles. The van der Waals surface area contributed by atoms with Crippen molar-refractivity contribution in [3.63, 3.8) is 0 Å². The molecule has 0 aliphatic heterocycles. The molecule has 1 heterocycles. The van der Waals surface area contributed by atoms with Crippen molar-refractivity contribution in [3.8, 4) is 17.2 Å². The first-order valence-electron chi connectivity index (χ1n) is 8.85. The number of amides is 1. The van der Waals surface area contributed by atoms with Crippen LogP contribution in [0.3, 0.4) is 0 Å². The van der Waals surface area contributed by atoms with E-state index >= 15 is 0 Å². The molecule has 2 aromatic carbocycles. The van der Waals surface area contributed by atoms with Crippen LogP contribution in [0.5, 0.6) is 17.2 Å². The minimum atomic E-state index is -0.325. The Morgan fingerprint density at radius 2 is 1.78 bits per heavy atom. The van der Waals surface area contributed by atoms with Crippen LogP contribution in [0.25, 0.3) is 11.0 Å². The molecule has 6 heteroatoms. The van der Waals surface area contributed by atoms with Gasteiger partial charge in [-0.15, -0.1) is 0 Å². The summed E-state index contributed by atoms with van der Waals surface area (Å²) in [5.74, 6) is 1.89. The summed E-state index contributed by atoms with van der Waals surface area (Å²) in [7, 11) is 1.60. The quantitative estimate of drug-likeness (QED) is 0.648. The van der Waals surface area contributed by atoms with Crippen molar-refractivity contribution < 1.29 is 23.4 Å². The predicted octanol–water partition coefficient (Wildman–Crippen LogP) is 4.80. The first-order chi connectivity index (χ1) is 13.1. The van der Waals surface area contributed by atoms with Gasteiger partial charge in [-0.1, -0.05) is 0 Å². The lowest BCUT2D eigenvalue weighted by Gasteiger charge is -2.12. The van der Waals surface area contributed by atoms with Gasteiger partial charge in [-0.25, -0.2) is 0 Å². The third-order valence-electron chi connectivity index (χ3n) is 4.15. The molecule has 0 fully saturated rings. The number of aryl methyl sites for hydroxylation is 1. The monoisotopic (exact) mass is 369 g/mol. The van der Waals surface area contributed by atoms with E-state index in [1.54, 1.807) is 37.4 Å². The molecule has 0 saturated heterocycles. The smallest absolute Gasteiger partial charge is 0.291 e. The number of furan rings is 1. The number of ether oxygens (including phenoxy) is 3. The van der Waals surface area contributed by atoms with E-state index < -0.39 is 0 Å². The normalized spacial score (nSPS) is 10.7. The highest BCUT2D eigenvalue weighted by atomic mass is 16.5. The SMILES string of the molecule is CCOc1ccc(NC(=O)c2oc3ccc(OC)cc3c2C)cc1OCC. The minimum Gasteiger partial charge on any atom is -0.497 e. The number of rotatable bonds is 7. The Bertz CT molecular complexity index is 961.